The molecule has 1 aromatic rings. The molecule has 0 aliphatic carbocycles. The third-order valence-electron chi connectivity index (χ3n) is 2.38. The molecule has 0 fully saturated rings. The number of anilines is 1. The van der Waals surface area contributed by atoms with Crippen LogP contribution in [-0.2, 0) is 11.2 Å². The predicted molar refractivity (Wildman–Crippen MR) is 57.9 cm³/mol. The highest BCUT2D eigenvalue weighted by Gasteiger charge is 2.10. The molecule has 1 aromatic carbocycles. The lowest BCUT2D eigenvalue weighted by Crippen LogP contribution is -2.07. The van der Waals surface area contributed by atoms with E-state index in [9.17, 15) is 9.59 Å². The van der Waals surface area contributed by atoms with Crippen LogP contribution in [0.15, 0.2) is 30.4 Å². The van der Waals surface area contributed by atoms with Crippen LogP contribution in [0.3, 0.4) is 0 Å². The van der Waals surface area contributed by atoms with E-state index in [1.54, 1.807) is 18.2 Å². The van der Waals surface area contributed by atoms with Gasteiger partial charge < -0.3 is 5.32 Å². The normalized spacial score (nSPS) is 14.1. The van der Waals surface area contributed by atoms with E-state index >= 15 is 0 Å². The van der Waals surface area contributed by atoms with Crippen molar-refractivity contribution in [2.75, 3.05) is 5.32 Å². The smallest absolute Gasteiger partial charge is 0.248 e. The maximum atomic E-state index is 11.2. The maximum Gasteiger partial charge on any atom is 0.248 e. The molecule has 0 saturated carbocycles. The molecule has 0 unspecified atom stereocenters. The van der Waals surface area contributed by atoms with E-state index in [-0.39, 0.29) is 11.7 Å². The van der Waals surface area contributed by atoms with E-state index in [1.807, 2.05) is 6.07 Å². The van der Waals surface area contributed by atoms with Gasteiger partial charge in [-0.2, -0.15) is 0 Å². The van der Waals surface area contributed by atoms with Gasteiger partial charge in [0.15, 0.2) is 5.78 Å². The van der Waals surface area contributed by atoms with Gasteiger partial charge in [0.2, 0.25) is 5.91 Å². The molecule has 3 heteroatoms. The molecule has 0 saturated heterocycles. The fourth-order valence-corrected chi connectivity index (χ4v) is 1.57. The Morgan fingerprint density at radius 1 is 1.40 bits per heavy atom. The molecule has 2 rings (SSSR count). The summed E-state index contributed by atoms with van der Waals surface area (Å²) in [6, 6.07) is 5.33. The van der Waals surface area contributed by atoms with Gasteiger partial charge in [-0.15, -0.1) is 0 Å². The largest absolute Gasteiger partial charge is 0.322 e. The van der Waals surface area contributed by atoms with Crippen LogP contribution in [0, 0.1) is 0 Å². The number of carbonyl (C=O) groups excluding carboxylic acids is 2. The Hall–Kier alpha value is -1.90. The summed E-state index contributed by atoms with van der Waals surface area (Å²) in [6.07, 6.45) is 3.98. The topological polar surface area (TPSA) is 46.2 Å². The number of Topliss-reactive ketones (excluding diaryl/α,β-unsaturated/α-hetero) is 1. The van der Waals surface area contributed by atoms with E-state index in [4.69, 9.17) is 0 Å². The molecule has 0 radical (unpaired) electrons. The number of hydrogen-bond donors (Lipinski definition) is 1. The minimum absolute atomic E-state index is 0.0392. The van der Waals surface area contributed by atoms with Crippen LogP contribution in [0.25, 0.3) is 0 Å². The zero-order valence-electron chi connectivity index (χ0n) is 8.41. The summed E-state index contributed by atoms with van der Waals surface area (Å²) >= 11 is 0. The fourth-order valence-electron chi connectivity index (χ4n) is 1.57. The minimum atomic E-state index is -0.121. The molecule has 1 N–H and O–H groups in total. The Labute approximate surface area is 87.8 Å². The van der Waals surface area contributed by atoms with E-state index in [0.717, 1.165) is 11.3 Å². The van der Waals surface area contributed by atoms with Crippen LogP contribution < -0.4 is 5.32 Å². The molecule has 76 valence electrons. The molecule has 15 heavy (non-hydrogen) atoms. The summed E-state index contributed by atoms with van der Waals surface area (Å²) in [5.41, 5.74) is 2.44. The van der Waals surface area contributed by atoms with Gasteiger partial charge in [-0.1, -0.05) is 6.08 Å². The first-order valence-corrected chi connectivity index (χ1v) is 4.78. The zero-order valence-corrected chi connectivity index (χ0v) is 8.41. The van der Waals surface area contributed by atoms with E-state index in [1.165, 1.54) is 13.0 Å². The average Bonchev–Trinajstić information content (AvgIpc) is 2.37. The van der Waals surface area contributed by atoms with Gasteiger partial charge in [0.25, 0.3) is 0 Å². The summed E-state index contributed by atoms with van der Waals surface area (Å²) in [4.78, 5) is 22.4. The quantitative estimate of drug-likeness (QED) is 0.706. The van der Waals surface area contributed by atoms with Crippen LogP contribution in [0.5, 0.6) is 0 Å². The number of benzene rings is 1. The molecule has 0 spiro atoms. The number of amides is 1. The number of rotatable bonds is 1. The second-order valence-electron chi connectivity index (χ2n) is 3.52. The highest BCUT2D eigenvalue weighted by molar-refractivity contribution is 6.01. The SMILES string of the molecule is CC(=O)c1ccc2c(c1)CC=CC(=O)N2. The summed E-state index contributed by atoms with van der Waals surface area (Å²) in [7, 11) is 0. The molecule has 3 nitrogen and oxygen atoms in total. The van der Waals surface area contributed by atoms with Gasteiger partial charge >= 0.3 is 0 Å². The highest BCUT2D eigenvalue weighted by Crippen LogP contribution is 2.20. The van der Waals surface area contributed by atoms with Crippen LogP contribution in [-0.4, -0.2) is 11.7 Å². The monoisotopic (exact) mass is 201 g/mol. The average molecular weight is 201 g/mol. The van der Waals surface area contributed by atoms with Gasteiger partial charge in [0.1, 0.15) is 0 Å². The molecule has 1 amide bonds. The lowest BCUT2D eigenvalue weighted by molar-refractivity contribution is -0.111. The van der Waals surface area contributed by atoms with Crippen LogP contribution >= 0.6 is 0 Å². The van der Waals surface area contributed by atoms with E-state index in [2.05, 4.69) is 5.32 Å². The Morgan fingerprint density at radius 3 is 2.93 bits per heavy atom. The van der Waals surface area contributed by atoms with E-state index < -0.39 is 0 Å². The van der Waals surface area contributed by atoms with Gasteiger partial charge in [0, 0.05) is 11.3 Å². The molecular weight excluding hydrogens is 190 g/mol. The number of ketones is 1. The lowest BCUT2D eigenvalue weighted by Gasteiger charge is -2.07. The minimum Gasteiger partial charge on any atom is -0.322 e. The van der Waals surface area contributed by atoms with Crippen molar-refractivity contribution >= 4 is 17.4 Å². The van der Waals surface area contributed by atoms with Crippen molar-refractivity contribution in [1.29, 1.82) is 0 Å². The summed E-state index contributed by atoms with van der Waals surface area (Å²) in [5, 5.41) is 2.75. The standard InChI is InChI=1S/C12H11NO2/c1-8(14)9-5-6-11-10(7-9)3-2-4-12(15)13-11/h2,4-7H,3H2,1H3,(H,13,15). The van der Waals surface area contributed by atoms with Crippen molar-refractivity contribution in [2.45, 2.75) is 13.3 Å². The Morgan fingerprint density at radius 2 is 2.20 bits per heavy atom. The number of nitrogens with one attached hydrogen (secondary N) is 1. The second-order valence-corrected chi connectivity index (χ2v) is 3.52. The fraction of sp³-hybridized carbons (Fsp3) is 0.167. The molecule has 1 aliphatic heterocycles. The van der Waals surface area contributed by atoms with Crippen LogP contribution in [0.2, 0.25) is 0 Å². The van der Waals surface area contributed by atoms with Crippen molar-refractivity contribution in [3.05, 3.63) is 41.5 Å². The predicted octanol–water partition coefficient (Wildman–Crippen LogP) is 1.94. The summed E-state index contributed by atoms with van der Waals surface area (Å²) < 4.78 is 0. The molecule has 1 heterocycles. The lowest BCUT2D eigenvalue weighted by atomic mass is 10.0. The second kappa shape index (κ2) is 3.69. The molecule has 0 aromatic heterocycles. The summed E-state index contributed by atoms with van der Waals surface area (Å²) in [5.74, 6) is -0.0818. The van der Waals surface area contributed by atoms with Crippen molar-refractivity contribution in [1.82, 2.24) is 0 Å². The van der Waals surface area contributed by atoms with Crippen molar-refractivity contribution in [2.24, 2.45) is 0 Å². The number of allylic oxidation sites excluding steroid dienone is 1. The Balaban J connectivity index is 2.44. The number of fused-ring (bicyclic) bond motifs is 1. The van der Waals surface area contributed by atoms with Crippen LogP contribution in [0.4, 0.5) is 5.69 Å². The molecule has 0 bridgehead atoms. The van der Waals surface area contributed by atoms with Crippen molar-refractivity contribution < 1.29 is 9.59 Å². The highest BCUT2D eigenvalue weighted by atomic mass is 16.1. The first kappa shape index (κ1) is 9.65. The first-order valence-electron chi connectivity index (χ1n) is 4.78. The maximum absolute atomic E-state index is 11.2. The Bertz CT molecular complexity index is 461. The van der Waals surface area contributed by atoms with Gasteiger partial charge in [-0.3, -0.25) is 9.59 Å². The van der Waals surface area contributed by atoms with Gasteiger partial charge in [0.05, 0.1) is 0 Å². The number of carbonyl (C=O) groups is 2. The molecular formula is C12H11NO2. The third-order valence-corrected chi connectivity index (χ3v) is 2.38. The first-order chi connectivity index (χ1) is 7.16. The third kappa shape index (κ3) is 1.96. The zero-order chi connectivity index (χ0) is 10.8. The van der Waals surface area contributed by atoms with Crippen molar-refractivity contribution in [3.8, 4) is 0 Å². The Kier molecular flexibility index (Phi) is 2.37. The van der Waals surface area contributed by atoms with Gasteiger partial charge in [-0.05, 0) is 43.2 Å². The van der Waals surface area contributed by atoms with Crippen molar-refractivity contribution in [3.63, 3.8) is 0 Å². The molecule has 1 aliphatic rings. The van der Waals surface area contributed by atoms with E-state index in [0.29, 0.717) is 12.0 Å². The van der Waals surface area contributed by atoms with Gasteiger partial charge in [-0.25, -0.2) is 0 Å². The molecule has 0 atom stereocenters. The van der Waals surface area contributed by atoms with Crippen LogP contribution in [0.1, 0.15) is 22.8 Å². The summed E-state index contributed by atoms with van der Waals surface area (Å²) in [6.45, 7) is 1.53. The number of hydrogen-bond acceptors (Lipinski definition) is 2.